The number of urea groups is 1. The van der Waals surface area contributed by atoms with Gasteiger partial charge in [-0.2, -0.15) is 5.26 Å². The van der Waals surface area contributed by atoms with E-state index in [1.165, 1.54) is 37.5 Å². The molecule has 3 amide bonds. The van der Waals surface area contributed by atoms with Crippen LogP contribution in [0, 0.1) is 21.4 Å². The topological polar surface area (TPSA) is 165 Å². The van der Waals surface area contributed by atoms with Crippen LogP contribution >= 0.6 is 0 Å². The summed E-state index contributed by atoms with van der Waals surface area (Å²) in [6.07, 6.45) is 1.27. The van der Waals surface area contributed by atoms with E-state index in [2.05, 4.69) is 10.1 Å². The summed E-state index contributed by atoms with van der Waals surface area (Å²) in [5, 5.41) is 22.2. The van der Waals surface area contributed by atoms with Crippen molar-refractivity contribution in [2.24, 2.45) is 0 Å². The number of imide groups is 1. The molecule has 0 unspecified atom stereocenters. The predicted octanol–water partition coefficient (Wildman–Crippen LogP) is 1.97. The first-order valence-corrected chi connectivity index (χ1v) is 8.63. The molecule has 0 radical (unpaired) electrons. The van der Waals surface area contributed by atoms with Crippen LogP contribution in [-0.2, 0) is 16.1 Å². The second kappa shape index (κ2) is 8.78. The summed E-state index contributed by atoms with van der Waals surface area (Å²) in [6.45, 7) is -0.602. The quantitative estimate of drug-likeness (QED) is 0.229. The third-order valence-electron chi connectivity index (χ3n) is 4.11. The van der Waals surface area contributed by atoms with E-state index in [0.29, 0.717) is 0 Å². The fourth-order valence-electron chi connectivity index (χ4n) is 2.71. The summed E-state index contributed by atoms with van der Waals surface area (Å²) in [7, 11) is 1.19. The van der Waals surface area contributed by atoms with Gasteiger partial charge in [-0.3, -0.25) is 19.8 Å². The number of nitrogens with one attached hydrogen (secondary N) is 1. The van der Waals surface area contributed by atoms with Crippen molar-refractivity contribution < 1.29 is 33.2 Å². The first-order chi connectivity index (χ1) is 14.8. The SMILES string of the molecule is COC(=O)c1ccc(CN2C(=O)N/C(=C\c3ccc(OCC#N)c([N+](=O)[O-])c3)C2=O)o1. The molecule has 0 spiro atoms. The number of nitriles is 1. The molecule has 0 saturated carbocycles. The van der Waals surface area contributed by atoms with Gasteiger partial charge in [-0.15, -0.1) is 0 Å². The smallest absolute Gasteiger partial charge is 0.373 e. The van der Waals surface area contributed by atoms with E-state index < -0.39 is 28.5 Å². The lowest BCUT2D eigenvalue weighted by molar-refractivity contribution is -0.385. The monoisotopic (exact) mass is 426 g/mol. The predicted molar refractivity (Wildman–Crippen MR) is 101 cm³/mol. The van der Waals surface area contributed by atoms with Crippen molar-refractivity contribution >= 4 is 29.7 Å². The van der Waals surface area contributed by atoms with E-state index >= 15 is 0 Å². The molecule has 1 aromatic heterocycles. The van der Waals surface area contributed by atoms with E-state index in [4.69, 9.17) is 14.4 Å². The Morgan fingerprint density at radius 3 is 2.81 bits per heavy atom. The Bertz CT molecular complexity index is 1140. The number of carbonyl (C=O) groups excluding carboxylic acids is 3. The van der Waals surface area contributed by atoms with Crippen LogP contribution in [0.3, 0.4) is 0 Å². The fourth-order valence-corrected chi connectivity index (χ4v) is 2.71. The largest absolute Gasteiger partial charge is 0.472 e. The van der Waals surface area contributed by atoms with Gasteiger partial charge < -0.3 is 19.2 Å². The minimum atomic E-state index is -0.726. The number of rotatable bonds is 7. The highest BCUT2D eigenvalue weighted by atomic mass is 16.6. The number of methoxy groups -OCH3 is 1. The van der Waals surface area contributed by atoms with Crippen LogP contribution in [0.25, 0.3) is 6.08 Å². The summed E-state index contributed by atoms with van der Waals surface area (Å²) in [5.74, 6) is -1.39. The highest BCUT2D eigenvalue weighted by molar-refractivity contribution is 6.13. The second-order valence-corrected chi connectivity index (χ2v) is 6.07. The summed E-state index contributed by atoms with van der Waals surface area (Å²) >= 11 is 0. The Morgan fingerprint density at radius 1 is 1.35 bits per heavy atom. The molecule has 12 nitrogen and oxygen atoms in total. The van der Waals surface area contributed by atoms with Crippen LogP contribution in [0.15, 0.2) is 40.4 Å². The van der Waals surface area contributed by atoms with Gasteiger partial charge in [-0.25, -0.2) is 9.59 Å². The highest BCUT2D eigenvalue weighted by Gasteiger charge is 2.34. The van der Waals surface area contributed by atoms with E-state index in [1.54, 1.807) is 6.07 Å². The van der Waals surface area contributed by atoms with Gasteiger partial charge in [0.05, 0.1) is 18.6 Å². The van der Waals surface area contributed by atoms with Gasteiger partial charge >= 0.3 is 17.7 Å². The number of ether oxygens (including phenoxy) is 2. The molecule has 2 aromatic rings. The molecule has 1 fully saturated rings. The molecular weight excluding hydrogens is 412 g/mol. The number of nitrogens with zero attached hydrogens (tertiary/aromatic N) is 3. The van der Waals surface area contributed by atoms with Crippen LogP contribution in [0.2, 0.25) is 0 Å². The van der Waals surface area contributed by atoms with Crippen LogP contribution in [0.4, 0.5) is 10.5 Å². The summed E-state index contributed by atoms with van der Waals surface area (Å²) < 4.78 is 14.8. The molecule has 1 saturated heterocycles. The van der Waals surface area contributed by atoms with Crippen molar-refractivity contribution in [2.45, 2.75) is 6.54 Å². The minimum absolute atomic E-state index is 0.0775. The number of benzene rings is 1. The third-order valence-corrected chi connectivity index (χ3v) is 4.11. The van der Waals surface area contributed by atoms with Crippen molar-refractivity contribution in [2.75, 3.05) is 13.7 Å². The number of amides is 3. The number of hydrogen-bond acceptors (Lipinski definition) is 9. The van der Waals surface area contributed by atoms with Gasteiger partial charge in [0.25, 0.3) is 5.91 Å². The van der Waals surface area contributed by atoms with Crippen LogP contribution in [0.5, 0.6) is 5.75 Å². The van der Waals surface area contributed by atoms with Crippen molar-refractivity contribution in [3.63, 3.8) is 0 Å². The zero-order chi connectivity index (χ0) is 22.5. The molecule has 158 valence electrons. The highest BCUT2D eigenvalue weighted by Crippen LogP contribution is 2.29. The zero-order valence-electron chi connectivity index (χ0n) is 16.0. The Balaban J connectivity index is 1.80. The number of hydrogen-bond donors (Lipinski definition) is 1. The van der Waals surface area contributed by atoms with Crippen LogP contribution < -0.4 is 10.1 Å². The van der Waals surface area contributed by atoms with Gasteiger partial charge in [0.1, 0.15) is 17.5 Å². The number of furan rings is 1. The lowest BCUT2D eigenvalue weighted by Crippen LogP contribution is -2.30. The molecule has 1 aromatic carbocycles. The number of nitro benzene ring substituents is 1. The first-order valence-electron chi connectivity index (χ1n) is 8.63. The Hall–Kier alpha value is -4.66. The van der Waals surface area contributed by atoms with Gasteiger partial charge in [-0.1, -0.05) is 6.07 Å². The summed E-state index contributed by atoms with van der Waals surface area (Å²) in [6, 6.07) is 7.64. The molecule has 3 rings (SSSR count). The minimum Gasteiger partial charge on any atom is -0.472 e. The molecule has 0 atom stereocenters. The number of carbonyl (C=O) groups is 3. The van der Waals surface area contributed by atoms with Crippen molar-refractivity contribution in [3.05, 3.63) is 63.2 Å². The van der Waals surface area contributed by atoms with Crippen molar-refractivity contribution in [1.29, 1.82) is 5.26 Å². The summed E-state index contributed by atoms with van der Waals surface area (Å²) in [5.41, 5.74) is -0.249. The molecule has 0 aliphatic carbocycles. The van der Waals surface area contributed by atoms with E-state index in [9.17, 15) is 24.5 Å². The molecule has 2 heterocycles. The molecule has 1 aliphatic heterocycles. The lowest BCUT2D eigenvalue weighted by Gasteiger charge is -2.09. The average molecular weight is 426 g/mol. The van der Waals surface area contributed by atoms with Crippen LogP contribution in [0.1, 0.15) is 21.9 Å². The van der Waals surface area contributed by atoms with E-state index in [-0.39, 0.29) is 41.7 Å². The first kappa shape index (κ1) is 21.1. The molecule has 12 heteroatoms. The van der Waals surface area contributed by atoms with Crippen molar-refractivity contribution in [1.82, 2.24) is 10.2 Å². The lowest BCUT2D eigenvalue weighted by atomic mass is 10.1. The van der Waals surface area contributed by atoms with Crippen molar-refractivity contribution in [3.8, 4) is 11.8 Å². The molecule has 31 heavy (non-hydrogen) atoms. The Kier molecular flexibility index (Phi) is 5.97. The fraction of sp³-hybridized carbons (Fsp3) is 0.158. The molecule has 1 N–H and O–H groups in total. The molecule has 0 bridgehead atoms. The maximum absolute atomic E-state index is 12.6. The normalized spacial score (nSPS) is 14.3. The van der Waals surface area contributed by atoms with Gasteiger partial charge in [-0.05, 0) is 29.8 Å². The zero-order valence-corrected chi connectivity index (χ0v) is 16.0. The van der Waals surface area contributed by atoms with Gasteiger partial charge in [0.15, 0.2) is 12.4 Å². The van der Waals surface area contributed by atoms with E-state index in [0.717, 1.165) is 11.0 Å². The molecule has 1 aliphatic rings. The Morgan fingerprint density at radius 2 is 2.13 bits per heavy atom. The van der Waals surface area contributed by atoms with E-state index in [1.807, 2.05) is 0 Å². The number of esters is 1. The molecular formula is C19H14N4O8. The Labute approximate surface area is 174 Å². The standard InChI is InChI=1S/C19H14N4O8/c1-29-18(25)16-5-3-12(31-16)10-22-17(24)13(21-19(22)26)8-11-2-4-15(30-7-6-20)14(9-11)23(27)28/h2-5,8-9H,7,10H2,1H3,(H,21,26)/b13-8-. The average Bonchev–Trinajstić information content (AvgIpc) is 3.32. The second-order valence-electron chi connectivity index (χ2n) is 6.07. The van der Waals surface area contributed by atoms with Gasteiger partial charge in [0.2, 0.25) is 5.76 Å². The van der Waals surface area contributed by atoms with Gasteiger partial charge in [0, 0.05) is 6.07 Å². The maximum atomic E-state index is 12.6. The van der Waals surface area contributed by atoms with Crippen LogP contribution in [-0.4, -0.2) is 41.4 Å². The number of nitro groups is 1. The summed E-state index contributed by atoms with van der Waals surface area (Å²) in [4.78, 5) is 47.7. The maximum Gasteiger partial charge on any atom is 0.373 e. The third kappa shape index (κ3) is 4.51.